The van der Waals surface area contributed by atoms with E-state index in [0.29, 0.717) is 12.5 Å². The van der Waals surface area contributed by atoms with Gasteiger partial charge < -0.3 is 10.5 Å². The highest BCUT2D eigenvalue weighted by Crippen LogP contribution is 2.14. The van der Waals surface area contributed by atoms with Gasteiger partial charge in [0.1, 0.15) is 0 Å². The van der Waals surface area contributed by atoms with Gasteiger partial charge in [-0.2, -0.15) is 0 Å². The van der Waals surface area contributed by atoms with Crippen LogP contribution in [0.25, 0.3) is 0 Å². The van der Waals surface area contributed by atoms with Gasteiger partial charge in [-0.3, -0.25) is 4.68 Å². The zero-order chi connectivity index (χ0) is 10.5. The molecule has 2 heterocycles. The molecule has 1 aliphatic heterocycles. The van der Waals surface area contributed by atoms with Crippen molar-refractivity contribution in [2.75, 3.05) is 19.8 Å². The molecule has 1 aromatic heterocycles. The van der Waals surface area contributed by atoms with Gasteiger partial charge >= 0.3 is 0 Å². The van der Waals surface area contributed by atoms with E-state index in [2.05, 4.69) is 10.3 Å². The Morgan fingerprint density at radius 1 is 1.60 bits per heavy atom. The Balaban J connectivity index is 1.83. The highest BCUT2D eigenvalue weighted by molar-refractivity contribution is 4.92. The average Bonchev–Trinajstić information content (AvgIpc) is 2.87. The number of aromatic nitrogens is 3. The number of aryl methyl sites for hydroxylation is 1. The van der Waals surface area contributed by atoms with Crippen LogP contribution >= 0.6 is 0 Å². The summed E-state index contributed by atoms with van der Waals surface area (Å²) in [5.41, 5.74) is 6.48. The first-order valence-corrected chi connectivity index (χ1v) is 5.55. The van der Waals surface area contributed by atoms with E-state index in [4.69, 9.17) is 10.5 Å². The molecule has 1 aliphatic rings. The van der Waals surface area contributed by atoms with Crippen LogP contribution in [0.4, 0.5) is 0 Å². The van der Waals surface area contributed by atoms with E-state index >= 15 is 0 Å². The molecule has 0 saturated carbocycles. The first kappa shape index (κ1) is 10.6. The molecule has 0 amide bonds. The van der Waals surface area contributed by atoms with Gasteiger partial charge in [0.15, 0.2) is 0 Å². The number of nitrogens with zero attached hydrogens (tertiary/aromatic N) is 3. The lowest BCUT2D eigenvalue weighted by Crippen LogP contribution is -2.11. The quantitative estimate of drug-likeness (QED) is 0.754. The zero-order valence-electron chi connectivity index (χ0n) is 8.93. The number of nitrogens with two attached hydrogens (primary N) is 1. The van der Waals surface area contributed by atoms with Crippen molar-refractivity contribution in [3.8, 4) is 0 Å². The summed E-state index contributed by atoms with van der Waals surface area (Å²) in [7, 11) is 0. The maximum atomic E-state index is 5.44. The molecule has 1 unspecified atom stereocenters. The lowest BCUT2D eigenvalue weighted by Gasteiger charge is -2.05. The van der Waals surface area contributed by atoms with Crippen LogP contribution in [0.3, 0.4) is 0 Å². The molecule has 0 radical (unpaired) electrons. The zero-order valence-corrected chi connectivity index (χ0v) is 8.93. The Labute approximate surface area is 89.6 Å². The van der Waals surface area contributed by atoms with Crippen LogP contribution in [0.2, 0.25) is 0 Å². The summed E-state index contributed by atoms with van der Waals surface area (Å²) in [6, 6.07) is 0. The van der Waals surface area contributed by atoms with E-state index in [1.54, 1.807) is 0 Å². The SMILES string of the molecule is NCCCc1cn(CC2CCOC2)nn1. The minimum absolute atomic E-state index is 0.606. The van der Waals surface area contributed by atoms with Crippen LogP contribution in [0.1, 0.15) is 18.5 Å². The molecule has 5 nitrogen and oxygen atoms in total. The molecule has 84 valence electrons. The predicted molar refractivity (Wildman–Crippen MR) is 56.3 cm³/mol. The third-order valence-corrected chi connectivity index (χ3v) is 2.69. The number of hydrogen-bond acceptors (Lipinski definition) is 4. The monoisotopic (exact) mass is 210 g/mol. The molecule has 0 bridgehead atoms. The van der Waals surface area contributed by atoms with Gasteiger partial charge in [0.05, 0.1) is 12.3 Å². The van der Waals surface area contributed by atoms with E-state index < -0.39 is 0 Å². The van der Waals surface area contributed by atoms with Crippen molar-refractivity contribution in [2.24, 2.45) is 11.7 Å². The van der Waals surface area contributed by atoms with Crippen molar-refractivity contribution in [2.45, 2.75) is 25.8 Å². The van der Waals surface area contributed by atoms with Crippen LogP contribution in [0.5, 0.6) is 0 Å². The van der Waals surface area contributed by atoms with Gasteiger partial charge in [-0.1, -0.05) is 5.21 Å². The van der Waals surface area contributed by atoms with Crippen LogP contribution < -0.4 is 5.73 Å². The lowest BCUT2D eigenvalue weighted by molar-refractivity contribution is 0.181. The van der Waals surface area contributed by atoms with Crippen molar-refractivity contribution in [1.29, 1.82) is 0 Å². The molecule has 2 rings (SSSR count). The largest absolute Gasteiger partial charge is 0.381 e. The Kier molecular flexibility index (Phi) is 3.69. The lowest BCUT2D eigenvalue weighted by atomic mass is 10.1. The summed E-state index contributed by atoms with van der Waals surface area (Å²) in [6.07, 6.45) is 5.06. The molecule has 2 N–H and O–H groups in total. The molecule has 0 aliphatic carbocycles. The second-order valence-electron chi connectivity index (χ2n) is 4.05. The van der Waals surface area contributed by atoms with Gasteiger partial charge in [-0.05, 0) is 25.8 Å². The van der Waals surface area contributed by atoms with Crippen molar-refractivity contribution >= 4 is 0 Å². The molecular formula is C10H18N4O. The highest BCUT2D eigenvalue weighted by Gasteiger charge is 2.16. The van der Waals surface area contributed by atoms with Gasteiger partial charge in [-0.15, -0.1) is 5.10 Å². The standard InChI is InChI=1S/C10H18N4O/c11-4-1-2-10-7-14(13-12-10)6-9-3-5-15-8-9/h7,9H,1-6,8,11H2. The Morgan fingerprint density at radius 2 is 2.53 bits per heavy atom. The smallest absolute Gasteiger partial charge is 0.0827 e. The second kappa shape index (κ2) is 5.23. The van der Waals surface area contributed by atoms with Crippen LogP contribution in [0, 0.1) is 5.92 Å². The van der Waals surface area contributed by atoms with E-state index in [1.165, 1.54) is 0 Å². The van der Waals surface area contributed by atoms with Gasteiger partial charge in [0.25, 0.3) is 0 Å². The Hall–Kier alpha value is -0.940. The molecule has 1 atom stereocenters. The Morgan fingerprint density at radius 3 is 3.27 bits per heavy atom. The minimum Gasteiger partial charge on any atom is -0.381 e. The summed E-state index contributed by atoms with van der Waals surface area (Å²) in [6.45, 7) is 3.39. The second-order valence-corrected chi connectivity index (χ2v) is 4.05. The summed E-state index contributed by atoms with van der Waals surface area (Å²) >= 11 is 0. The molecule has 0 spiro atoms. The summed E-state index contributed by atoms with van der Waals surface area (Å²) in [4.78, 5) is 0. The highest BCUT2D eigenvalue weighted by atomic mass is 16.5. The molecule has 1 fully saturated rings. The normalized spacial score (nSPS) is 21.0. The predicted octanol–water partition coefficient (Wildman–Crippen LogP) is 0.206. The van der Waals surface area contributed by atoms with E-state index in [-0.39, 0.29) is 0 Å². The third kappa shape index (κ3) is 3.00. The maximum absolute atomic E-state index is 5.44. The van der Waals surface area contributed by atoms with Crippen molar-refractivity contribution in [1.82, 2.24) is 15.0 Å². The van der Waals surface area contributed by atoms with Crippen molar-refractivity contribution < 1.29 is 4.74 Å². The fourth-order valence-corrected chi connectivity index (χ4v) is 1.82. The number of hydrogen-bond donors (Lipinski definition) is 1. The minimum atomic E-state index is 0.606. The number of rotatable bonds is 5. The van der Waals surface area contributed by atoms with Gasteiger partial charge in [0.2, 0.25) is 0 Å². The first-order valence-electron chi connectivity index (χ1n) is 5.55. The van der Waals surface area contributed by atoms with Crippen molar-refractivity contribution in [3.63, 3.8) is 0 Å². The Bertz CT molecular complexity index is 293. The molecule has 5 heteroatoms. The fraction of sp³-hybridized carbons (Fsp3) is 0.800. The fourth-order valence-electron chi connectivity index (χ4n) is 1.82. The molecule has 0 aromatic carbocycles. The van der Waals surface area contributed by atoms with E-state index in [9.17, 15) is 0 Å². The maximum Gasteiger partial charge on any atom is 0.0827 e. The molecular weight excluding hydrogens is 192 g/mol. The molecule has 1 saturated heterocycles. The average molecular weight is 210 g/mol. The van der Waals surface area contributed by atoms with E-state index in [0.717, 1.165) is 44.7 Å². The van der Waals surface area contributed by atoms with E-state index in [1.807, 2.05) is 10.9 Å². The third-order valence-electron chi connectivity index (χ3n) is 2.69. The topological polar surface area (TPSA) is 66.0 Å². The van der Waals surface area contributed by atoms with Crippen LogP contribution in [-0.4, -0.2) is 34.8 Å². The van der Waals surface area contributed by atoms with Crippen LogP contribution in [0.15, 0.2) is 6.20 Å². The molecule has 1 aromatic rings. The van der Waals surface area contributed by atoms with Crippen LogP contribution in [-0.2, 0) is 17.7 Å². The van der Waals surface area contributed by atoms with Gasteiger partial charge in [-0.25, -0.2) is 0 Å². The summed E-state index contributed by atoms with van der Waals surface area (Å²) < 4.78 is 7.24. The van der Waals surface area contributed by atoms with Gasteiger partial charge in [0, 0.05) is 25.3 Å². The number of ether oxygens (including phenoxy) is 1. The summed E-state index contributed by atoms with van der Waals surface area (Å²) in [5, 5.41) is 8.22. The summed E-state index contributed by atoms with van der Waals surface area (Å²) in [5.74, 6) is 0.606. The first-order chi connectivity index (χ1) is 7.38. The molecule has 15 heavy (non-hydrogen) atoms. The van der Waals surface area contributed by atoms with Crippen molar-refractivity contribution in [3.05, 3.63) is 11.9 Å².